The highest BCUT2D eigenvalue weighted by Gasteiger charge is 2.22. The van der Waals surface area contributed by atoms with E-state index >= 15 is 0 Å². The van der Waals surface area contributed by atoms with Crippen molar-refractivity contribution in [3.8, 4) is 17.4 Å². The van der Waals surface area contributed by atoms with Crippen LogP contribution in [0.15, 0.2) is 51.9 Å². The highest BCUT2D eigenvalue weighted by molar-refractivity contribution is 6.04. The first kappa shape index (κ1) is 18.9. The molecule has 0 bridgehead atoms. The number of carbonyl (C=O) groups is 1. The molecule has 0 saturated carbocycles. The average molecular weight is 423 g/mol. The summed E-state index contributed by atoms with van der Waals surface area (Å²) in [5.41, 5.74) is 1.38. The molecule has 0 fully saturated rings. The number of anilines is 1. The van der Waals surface area contributed by atoms with Crippen molar-refractivity contribution in [1.82, 2.24) is 19.7 Å². The molecule has 10 heteroatoms. The van der Waals surface area contributed by atoms with Crippen LogP contribution < -0.4 is 10.9 Å². The Balaban J connectivity index is 1.58. The fourth-order valence-electron chi connectivity index (χ4n) is 3.53. The molecule has 3 aromatic heterocycles. The van der Waals surface area contributed by atoms with Crippen LogP contribution in [-0.2, 0) is 12.8 Å². The van der Waals surface area contributed by atoms with Crippen molar-refractivity contribution in [2.24, 2.45) is 0 Å². The van der Waals surface area contributed by atoms with Gasteiger partial charge in [-0.05, 0) is 49.6 Å². The van der Waals surface area contributed by atoms with Crippen LogP contribution >= 0.6 is 0 Å². The molecule has 1 aromatic carbocycles. The van der Waals surface area contributed by atoms with Gasteiger partial charge in [-0.25, -0.2) is 13.8 Å². The van der Waals surface area contributed by atoms with E-state index in [0.717, 1.165) is 24.6 Å². The summed E-state index contributed by atoms with van der Waals surface area (Å²) in [4.78, 5) is 32.3. The number of nitrogens with zero attached hydrogens (tertiary/aromatic N) is 3. The minimum atomic E-state index is -1.14. The number of H-pyrrole nitrogens is 1. The zero-order valence-corrected chi connectivity index (χ0v) is 16.0. The Morgan fingerprint density at radius 3 is 2.81 bits per heavy atom. The third-order valence-electron chi connectivity index (χ3n) is 5.04. The summed E-state index contributed by atoms with van der Waals surface area (Å²) in [6.07, 6.45) is 3.65. The van der Waals surface area contributed by atoms with Crippen LogP contribution in [-0.4, -0.2) is 25.7 Å². The molecule has 1 aliphatic carbocycles. The van der Waals surface area contributed by atoms with E-state index in [1.54, 1.807) is 12.1 Å². The van der Waals surface area contributed by atoms with E-state index in [9.17, 15) is 18.4 Å². The molecule has 3 heterocycles. The molecule has 156 valence electrons. The van der Waals surface area contributed by atoms with Crippen molar-refractivity contribution in [3.63, 3.8) is 0 Å². The van der Waals surface area contributed by atoms with Gasteiger partial charge in [-0.1, -0.05) is 0 Å². The maximum atomic E-state index is 13.5. The normalized spacial score (nSPS) is 12.7. The molecule has 0 radical (unpaired) electrons. The van der Waals surface area contributed by atoms with Gasteiger partial charge < -0.3 is 9.73 Å². The van der Waals surface area contributed by atoms with Crippen LogP contribution in [0.2, 0.25) is 0 Å². The maximum absolute atomic E-state index is 13.5. The zero-order valence-electron chi connectivity index (χ0n) is 16.0. The van der Waals surface area contributed by atoms with Crippen LogP contribution in [0.4, 0.5) is 14.6 Å². The van der Waals surface area contributed by atoms with Crippen LogP contribution in [0.25, 0.3) is 17.4 Å². The van der Waals surface area contributed by atoms with Crippen molar-refractivity contribution in [1.29, 1.82) is 0 Å². The van der Waals surface area contributed by atoms with E-state index in [1.165, 1.54) is 17.0 Å². The van der Waals surface area contributed by atoms with Crippen LogP contribution in [0.3, 0.4) is 0 Å². The predicted molar refractivity (Wildman–Crippen MR) is 106 cm³/mol. The molecule has 31 heavy (non-hydrogen) atoms. The minimum Gasteiger partial charge on any atom is -0.463 e. The first-order chi connectivity index (χ1) is 15.0. The second-order valence-electron chi connectivity index (χ2n) is 7.06. The van der Waals surface area contributed by atoms with Crippen molar-refractivity contribution in [2.75, 3.05) is 5.32 Å². The highest BCUT2D eigenvalue weighted by Crippen LogP contribution is 2.25. The van der Waals surface area contributed by atoms with E-state index in [4.69, 9.17) is 4.42 Å². The Labute approximate surface area is 173 Å². The van der Waals surface area contributed by atoms with Gasteiger partial charge >= 0.3 is 0 Å². The standard InChI is InChI=1S/C21H15F2N5O3/c22-13-7-6-11(9-14(13)23)19(29)25-18-10-16(17-5-2-8-31-17)27-28(18)21-24-15-4-1-3-12(15)20(30)26-21/h2,5-10H,1,3-4H2,(H,25,29)(H,24,26,30). The summed E-state index contributed by atoms with van der Waals surface area (Å²) >= 11 is 0. The summed E-state index contributed by atoms with van der Waals surface area (Å²) in [6.45, 7) is 0. The van der Waals surface area contributed by atoms with Gasteiger partial charge in [0.2, 0.25) is 5.95 Å². The topological polar surface area (TPSA) is 106 Å². The number of aryl methyl sites for hydroxylation is 1. The number of nitrogens with one attached hydrogen (secondary N) is 2. The number of aromatic amines is 1. The molecule has 0 atom stereocenters. The SMILES string of the molecule is O=C(Nc1cc(-c2ccco2)nn1-c1nc2c(c(=O)[nH]1)CCC2)c1ccc(F)c(F)c1. The van der Waals surface area contributed by atoms with Crippen molar-refractivity contribution < 1.29 is 18.0 Å². The van der Waals surface area contributed by atoms with Gasteiger partial charge in [-0.2, -0.15) is 9.78 Å². The smallest absolute Gasteiger partial charge is 0.256 e. The Hall–Kier alpha value is -4.08. The lowest BCUT2D eigenvalue weighted by atomic mass is 10.2. The van der Waals surface area contributed by atoms with Gasteiger partial charge in [0.05, 0.1) is 12.0 Å². The molecule has 5 rings (SSSR count). The first-order valence-corrected chi connectivity index (χ1v) is 9.52. The van der Waals surface area contributed by atoms with Gasteiger partial charge in [0.15, 0.2) is 17.4 Å². The molecular formula is C21H15F2N5O3. The minimum absolute atomic E-state index is 0.0818. The lowest BCUT2D eigenvalue weighted by Crippen LogP contribution is -2.21. The molecule has 0 spiro atoms. The first-order valence-electron chi connectivity index (χ1n) is 9.52. The van der Waals surface area contributed by atoms with E-state index in [1.807, 2.05) is 0 Å². The molecule has 4 aromatic rings. The predicted octanol–water partition coefficient (Wildman–Crippen LogP) is 3.23. The van der Waals surface area contributed by atoms with E-state index in [2.05, 4.69) is 20.4 Å². The second kappa shape index (κ2) is 7.31. The Bertz CT molecular complexity index is 1360. The summed E-state index contributed by atoms with van der Waals surface area (Å²) in [7, 11) is 0. The Morgan fingerprint density at radius 2 is 2.03 bits per heavy atom. The van der Waals surface area contributed by atoms with Gasteiger partial charge in [0.25, 0.3) is 11.5 Å². The van der Waals surface area contributed by atoms with Crippen molar-refractivity contribution >= 4 is 11.7 Å². The molecule has 1 aliphatic rings. The molecule has 8 nitrogen and oxygen atoms in total. The number of halogens is 2. The fraction of sp³-hybridized carbons (Fsp3) is 0.143. The van der Waals surface area contributed by atoms with Gasteiger partial charge in [-0.15, -0.1) is 0 Å². The number of hydrogen-bond acceptors (Lipinski definition) is 5. The number of rotatable bonds is 4. The Morgan fingerprint density at radius 1 is 1.16 bits per heavy atom. The number of furan rings is 1. The molecule has 0 unspecified atom stereocenters. The molecule has 0 saturated heterocycles. The highest BCUT2D eigenvalue weighted by atomic mass is 19.2. The van der Waals surface area contributed by atoms with Crippen LogP contribution in [0.5, 0.6) is 0 Å². The average Bonchev–Trinajstić information content (AvgIpc) is 3.50. The number of hydrogen-bond donors (Lipinski definition) is 2. The monoisotopic (exact) mass is 423 g/mol. The molecular weight excluding hydrogens is 408 g/mol. The number of fused-ring (bicyclic) bond motifs is 1. The van der Waals surface area contributed by atoms with Crippen molar-refractivity contribution in [3.05, 3.63) is 81.5 Å². The number of carbonyl (C=O) groups excluding carboxylic acids is 1. The third kappa shape index (κ3) is 3.41. The number of benzene rings is 1. The summed E-state index contributed by atoms with van der Waals surface area (Å²) in [5.74, 6) is -2.14. The van der Waals surface area contributed by atoms with Gasteiger partial charge in [-0.3, -0.25) is 14.6 Å². The molecule has 1 amide bonds. The summed E-state index contributed by atoms with van der Waals surface area (Å²) < 4.78 is 33.4. The Kier molecular flexibility index (Phi) is 4.46. The number of aromatic nitrogens is 4. The molecule has 0 aliphatic heterocycles. The third-order valence-corrected chi connectivity index (χ3v) is 5.04. The van der Waals surface area contributed by atoms with Crippen molar-refractivity contribution in [2.45, 2.75) is 19.3 Å². The van der Waals surface area contributed by atoms with Crippen LogP contribution in [0.1, 0.15) is 28.0 Å². The van der Waals surface area contributed by atoms with Gasteiger partial charge in [0.1, 0.15) is 11.5 Å². The number of amides is 1. The van der Waals surface area contributed by atoms with E-state index in [-0.39, 0.29) is 22.9 Å². The quantitative estimate of drug-likeness (QED) is 0.524. The lowest BCUT2D eigenvalue weighted by Gasteiger charge is -2.09. The summed E-state index contributed by atoms with van der Waals surface area (Å²) in [6, 6.07) is 7.74. The largest absolute Gasteiger partial charge is 0.463 e. The van der Waals surface area contributed by atoms with E-state index < -0.39 is 17.5 Å². The molecule has 2 N–H and O–H groups in total. The van der Waals surface area contributed by atoms with E-state index in [0.29, 0.717) is 35.6 Å². The van der Waals surface area contributed by atoms with Crippen LogP contribution in [0, 0.1) is 11.6 Å². The fourth-order valence-corrected chi connectivity index (χ4v) is 3.53. The second-order valence-corrected chi connectivity index (χ2v) is 7.06. The van der Waals surface area contributed by atoms with Gasteiger partial charge in [0, 0.05) is 17.2 Å². The maximum Gasteiger partial charge on any atom is 0.256 e. The lowest BCUT2D eigenvalue weighted by molar-refractivity contribution is 0.102. The summed E-state index contributed by atoms with van der Waals surface area (Å²) in [5, 5.41) is 7.02. The zero-order chi connectivity index (χ0) is 21.5.